The van der Waals surface area contributed by atoms with E-state index in [-0.39, 0.29) is 17.4 Å². The van der Waals surface area contributed by atoms with E-state index >= 15 is 0 Å². The normalized spacial score (nSPS) is 13.4. The van der Waals surface area contributed by atoms with E-state index < -0.39 is 10.0 Å². The van der Waals surface area contributed by atoms with Crippen LogP contribution in [0.25, 0.3) is 0 Å². The van der Waals surface area contributed by atoms with Gasteiger partial charge in [0.15, 0.2) is 6.61 Å². The van der Waals surface area contributed by atoms with Crippen molar-refractivity contribution >= 4 is 21.6 Å². The molecule has 4 rings (SSSR count). The lowest BCUT2D eigenvalue weighted by molar-refractivity contribution is 0.0989. The minimum absolute atomic E-state index is 0.145. The molecule has 174 valence electrons. The molecule has 10 heteroatoms. The number of benzene rings is 2. The van der Waals surface area contributed by atoms with Gasteiger partial charge in [-0.2, -0.15) is 9.29 Å². The third-order valence-electron chi connectivity index (χ3n) is 5.57. The first kappa shape index (κ1) is 22.9. The van der Waals surface area contributed by atoms with Crippen molar-refractivity contribution < 1.29 is 22.5 Å². The Hall–Kier alpha value is -3.24. The van der Waals surface area contributed by atoms with Crippen molar-refractivity contribution in [2.45, 2.75) is 38.7 Å². The predicted molar refractivity (Wildman–Crippen MR) is 122 cm³/mol. The molecule has 0 spiro atoms. The number of amides is 1. The van der Waals surface area contributed by atoms with Crippen LogP contribution in [0.1, 0.15) is 41.5 Å². The first-order valence-corrected chi connectivity index (χ1v) is 12.2. The molecule has 33 heavy (non-hydrogen) atoms. The second-order valence-electron chi connectivity index (χ2n) is 7.63. The van der Waals surface area contributed by atoms with E-state index in [2.05, 4.69) is 10.1 Å². The van der Waals surface area contributed by atoms with E-state index in [4.69, 9.17) is 9.26 Å². The summed E-state index contributed by atoms with van der Waals surface area (Å²) in [7, 11) is -3.54. The van der Waals surface area contributed by atoms with Crippen LogP contribution in [-0.2, 0) is 23.1 Å². The molecular weight excluding hydrogens is 444 g/mol. The lowest BCUT2D eigenvalue weighted by atomic mass is 10.1. The van der Waals surface area contributed by atoms with Gasteiger partial charge in [0.25, 0.3) is 5.91 Å². The maximum Gasteiger partial charge on any atom is 0.258 e. The number of carbonyl (C=O) groups is 1. The lowest BCUT2D eigenvalue weighted by Crippen LogP contribution is -2.30. The number of sulfonamides is 1. The van der Waals surface area contributed by atoms with Crippen molar-refractivity contribution in [3.05, 3.63) is 65.3 Å². The summed E-state index contributed by atoms with van der Waals surface area (Å²) in [6.45, 7) is 6.83. The minimum atomic E-state index is -3.54. The summed E-state index contributed by atoms with van der Waals surface area (Å²) in [5.74, 6) is 1.36. The number of aryl methyl sites for hydroxylation is 1. The topological polar surface area (TPSA) is 106 Å². The van der Waals surface area contributed by atoms with Crippen molar-refractivity contribution in [2.75, 3.05) is 24.5 Å². The van der Waals surface area contributed by atoms with Crippen LogP contribution >= 0.6 is 0 Å². The first-order chi connectivity index (χ1) is 15.8. The number of anilines is 1. The van der Waals surface area contributed by atoms with Crippen LogP contribution in [0.2, 0.25) is 0 Å². The SMILES string of the molecule is CCN(CC)S(=O)(=O)c1ccc2c(c1)CCN2C(=O)c1ccc(OCc2noc(C)n2)cc1. The monoisotopic (exact) mass is 470 g/mol. The highest BCUT2D eigenvalue weighted by molar-refractivity contribution is 7.89. The molecule has 9 nitrogen and oxygen atoms in total. The molecule has 0 aliphatic carbocycles. The average Bonchev–Trinajstić information content (AvgIpc) is 3.43. The van der Waals surface area contributed by atoms with Gasteiger partial charge < -0.3 is 14.2 Å². The summed E-state index contributed by atoms with van der Waals surface area (Å²) in [6, 6.07) is 11.8. The van der Waals surface area contributed by atoms with E-state index in [1.807, 2.05) is 13.8 Å². The standard InChI is InChI=1S/C23H26N4O5S/c1-4-26(5-2)33(29,30)20-10-11-21-18(14-20)12-13-27(21)23(28)17-6-8-19(9-7-17)31-15-22-24-16(3)32-25-22/h6-11,14H,4-5,12-13,15H2,1-3H3. The van der Waals surface area contributed by atoms with Crippen LogP contribution < -0.4 is 9.64 Å². The highest BCUT2D eigenvalue weighted by Crippen LogP contribution is 2.32. The molecule has 1 aliphatic heterocycles. The number of ether oxygens (including phenoxy) is 1. The fraction of sp³-hybridized carbons (Fsp3) is 0.348. The summed E-state index contributed by atoms with van der Waals surface area (Å²) in [5.41, 5.74) is 2.11. The Bertz CT molecular complexity index is 1250. The van der Waals surface area contributed by atoms with Gasteiger partial charge in [-0.25, -0.2) is 8.42 Å². The molecule has 0 unspecified atom stereocenters. The summed E-state index contributed by atoms with van der Waals surface area (Å²) >= 11 is 0. The molecule has 0 bridgehead atoms. The van der Waals surface area contributed by atoms with Gasteiger partial charge in [0, 0.05) is 37.8 Å². The van der Waals surface area contributed by atoms with E-state index in [0.29, 0.717) is 49.1 Å². The molecule has 1 aromatic heterocycles. The predicted octanol–water partition coefficient (Wildman–Crippen LogP) is 3.19. The van der Waals surface area contributed by atoms with Gasteiger partial charge in [0.05, 0.1) is 4.90 Å². The second-order valence-corrected chi connectivity index (χ2v) is 9.57. The summed E-state index contributed by atoms with van der Waals surface area (Å²) in [5, 5.41) is 3.78. The second kappa shape index (κ2) is 9.32. The summed E-state index contributed by atoms with van der Waals surface area (Å²) < 4.78 is 37.6. The number of hydrogen-bond donors (Lipinski definition) is 0. The van der Waals surface area contributed by atoms with Gasteiger partial charge >= 0.3 is 0 Å². The number of carbonyl (C=O) groups excluding carboxylic acids is 1. The van der Waals surface area contributed by atoms with Crippen LogP contribution in [0.3, 0.4) is 0 Å². The zero-order chi connectivity index (χ0) is 23.6. The van der Waals surface area contributed by atoms with Crippen molar-refractivity contribution in [3.8, 4) is 5.75 Å². The van der Waals surface area contributed by atoms with Gasteiger partial charge in [0.2, 0.25) is 21.7 Å². The molecule has 2 heterocycles. The highest BCUT2D eigenvalue weighted by atomic mass is 32.2. The van der Waals surface area contributed by atoms with Gasteiger partial charge in [-0.05, 0) is 54.4 Å². The van der Waals surface area contributed by atoms with Crippen LogP contribution in [-0.4, -0.2) is 48.4 Å². The zero-order valence-corrected chi connectivity index (χ0v) is 19.6. The average molecular weight is 471 g/mol. The van der Waals surface area contributed by atoms with E-state index in [9.17, 15) is 13.2 Å². The van der Waals surface area contributed by atoms with Gasteiger partial charge in [-0.15, -0.1) is 0 Å². The van der Waals surface area contributed by atoms with E-state index in [0.717, 1.165) is 11.3 Å². The van der Waals surface area contributed by atoms with E-state index in [1.54, 1.807) is 54.3 Å². The highest BCUT2D eigenvalue weighted by Gasteiger charge is 2.29. The van der Waals surface area contributed by atoms with Gasteiger partial charge in [-0.3, -0.25) is 4.79 Å². The third-order valence-corrected chi connectivity index (χ3v) is 7.62. The third kappa shape index (κ3) is 4.62. The largest absolute Gasteiger partial charge is 0.485 e. The summed E-state index contributed by atoms with van der Waals surface area (Å²) in [6.07, 6.45) is 0.605. The Morgan fingerprint density at radius 1 is 1.15 bits per heavy atom. The Morgan fingerprint density at radius 3 is 2.52 bits per heavy atom. The maximum absolute atomic E-state index is 13.1. The molecule has 0 atom stereocenters. The number of aromatic nitrogens is 2. The van der Waals surface area contributed by atoms with Crippen LogP contribution in [0.15, 0.2) is 51.9 Å². The van der Waals surface area contributed by atoms with Crippen LogP contribution in [0.5, 0.6) is 5.75 Å². The lowest BCUT2D eigenvalue weighted by Gasteiger charge is -2.20. The first-order valence-electron chi connectivity index (χ1n) is 10.8. The van der Waals surface area contributed by atoms with Crippen molar-refractivity contribution in [1.82, 2.24) is 14.4 Å². The quantitative estimate of drug-likeness (QED) is 0.498. The molecule has 2 aromatic carbocycles. The molecule has 0 saturated heterocycles. The maximum atomic E-state index is 13.1. The minimum Gasteiger partial charge on any atom is -0.485 e. The van der Waals surface area contributed by atoms with Crippen molar-refractivity contribution in [1.29, 1.82) is 0 Å². The molecule has 0 N–H and O–H groups in total. The molecule has 1 aliphatic rings. The Morgan fingerprint density at radius 2 is 1.88 bits per heavy atom. The molecular formula is C23H26N4O5S. The van der Waals surface area contributed by atoms with Crippen LogP contribution in [0, 0.1) is 6.92 Å². The number of nitrogens with zero attached hydrogens (tertiary/aromatic N) is 4. The molecule has 3 aromatic rings. The van der Waals surface area contributed by atoms with Gasteiger partial charge in [0.1, 0.15) is 5.75 Å². The summed E-state index contributed by atoms with van der Waals surface area (Å²) in [4.78, 5) is 19.1. The molecule has 0 radical (unpaired) electrons. The van der Waals surface area contributed by atoms with E-state index in [1.165, 1.54) is 4.31 Å². The Kier molecular flexibility index (Phi) is 6.48. The Labute approximate surface area is 193 Å². The smallest absolute Gasteiger partial charge is 0.258 e. The number of rotatable bonds is 8. The van der Waals surface area contributed by atoms with Gasteiger partial charge in [-0.1, -0.05) is 19.0 Å². The number of fused-ring (bicyclic) bond motifs is 1. The fourth-order valence-corrected chi connectivity index (χ4v) is 5.37. The zero-order valence-electron chi connectivity index (χ0n) is 18.8. The van der Waals surface area contributed by atoms with Crippen LogP contribution in [0.4, 0.5) is 5.69 Å². The fourth-order valence-electron chi connectivity index (χ4n) is 3.86. The van der Waals surface area contributed by atoms with Crippen molar-refractivity contribution in [3.63, 3.8) is 0 Å². The number of hydrogen-bond acceptors (Lipinski definition) is 7. The molecule has 0 fully saturated rings. The molecule has 1 amide bonds. The Balaban J connectivity index is 1.47. The van der Waals surface area contributed by atoms with Crippen molar-refractivity contribution in [2.24, 2.45) is 0 Å². The molecule has 0 saturated carbocycles.